The molecule has 0 spiro atoms. The molecule has 0 fully saturated rings. The van der Waals surface area contributed by atoms with Gasteiger partial charge in [0.15, 0.2) is 0 Å². The standard InChI is InChI=1S/C16H17N3O2/c20-10-11-6-7-13(8-11)17-16(21)15-9-14(18-19-15)12-4-2-1-3-5-12/h1-7,9,11,13,20H,8,10H2,(H,17,21)(H,18,19)/t11-,13+/m0/s1. The Morgan fingerprint density at radius 1 is 1.33 bits per heavy atom. The molecule has 2 aromatic rings. The van der Waals surface area contributed by atoms with Crippen LogP contribution in [-0.4, -0.2) is 33.9 Å². The maximum atomic E-state index is 12.2. The van der Waals surface area contributed by atoms with Crippen LogP contribution in [0.3, 0.4) is 0 Å². The minimum absolute atomic E-state index is 0.0295. The molecule has 3 N–H and O–H groups in total. The predicted molar refractivity (Wildman–Crippen MR) is 79.6 cm³/mol. The Balaban J connectivity index is 1.66. The Labute approximate surface area is 122 Å². The quantitative estimate of drug-likeness (QED) is 0.748. The summed E-state index contributed by atoms with van der Waals surface area (Å²) in [5, 5.41) is 18.9. The number of benzene rings is 1. The molecule has 1 aromatic heterocycles. The lowest BCUT2D eigenvalue weighted by Crippen LogP contribution is -2.33. The highest BCUT2D eigenvalue weighted by Crippen LogP contribution is 2.19. The summed E-state index contributed by atoms with van der Waals surface area (Å²) in [6.45, 7) is 0.116. The van der Waals surface area contributed by atoms with Gasteiger partial charge in [0.05, 0.1) is 5.69 Å². The summed E-state index contributed by atoms with van der Waals surface area (Å²) in [5.41, 5.74) is 2.15. The molecule has 1 amide bonds. The summed E-state index contributed by atoms with van der Waals surface area (Å²) < 4.78 is 0. The molecule has 108 valence electrons. The SMILES string of the molecule is O=C(N[C@@H]1C=C[C@H](CO)C1)c1cc(-c2ccccc2)n[nH]1. The topological polar surface area (TPSA) is 78.0 Å². The van der Waals surface area contributed by atoms with Crippen molar-refractivity contribution in [2.24, 2.45) is 5.92 Å². The predicted octanol–water partition coefficient (Wildman–Crippen LogP) is 1.74. The number of nitrogens with zero attached hydrogens (tertiary/aromatic N) is 1. The van der Waals surface area contributed by atoms with Gasteiger partial charge >= 0.3 is 0 Å². The smallest absolute Gasteiger partial charge is 0.269 e. The first-order chi connectivity index (χ1) is 10.3. The van der Waals surface area contributed by atoms with Gasteiger partial charge in [-0.25, -0.2) is 0 Å². The Hall–Kier alpha value is -2.40. The Kier molecular flexibility index (Phi) is 3.83. The van der Waals surface area contributed by atoms with Crippen molar-refractivity contribution in [1.29, 1.82) is 0 Å². The lowest BCUT2D eigenvalue weighted by atomic mass is 10.1. The molecule has 0 bridgehead atoms. The molecule has 0 radical (unpaired) electrons. The number of hydrogen-bond donors (Lipinski definition) is 3. The number of nitrogens with one attached hydrogen (secondary N) is 2. The molecule has 1 heterocycles. The molecular formula is C16H17N3O2. The summed E-state index contributed by atoms with van der Waals surface area (Å²) in [6.07, 6.45) is 4.60. The van der Waals surface area contributed by atoms with Crippen molar-refractivity contribution >= 4 is 5.91 Å². The summed E-state index contributed by atoms with van der Waals surface area (Å²) in [7, 11) is 0. The zero-order valence-electron chi connectivity index (χ0n) is 11.5. The fraction of sp³-hybridized carbons (Fsp3) is 0.250. The lowest BCUT2D eigenvalue weighted by molar-refractivity contribution is 0.0936. The van der Waals surface area contributed by atoms with Gasteiger partial charge in [0.1, 0.15) is 5.69 Å². The van der Waals surface area contributed by atoms with Gasteiger partial charge in [0.2, 0.25) is 0 Å². The van der Waals surface area contributed by atoms with E-state index in [1.807, 2.05) is 42.5 Å². The molecule has 3 rings (SSSR count). The molecule has 2 atom stereocenters. The third-order valence-electron chi connectivity index (χ3n) is 3.62. The third kappa shape index (κ3) is 3.03. The first-order valence-electron chi connectivity index (χ1n) is 6.97. The van der Waals surface area contributed by atoms with Gasteiger partial charge in [-0.05, 0) is 12.5 Å². The average molecular weight is 283 g/mol. The van der Waals surface area contributed by atoms with E-state index in [1.54, 1.807) is 6.07 Å². The van der Waals surface area contributed by atoms with E-state index in [0.717, 1.165) is 17.7 Å². The largest absolute Gasteiger partial charge is 0.396 e. The fourth-order valence-corrected chi connectivity index (χ4v) is 2.46. The van der Waals surface area contributed by atoms with Crippen molar-refractivity contribution in [3.8, 4) is 11.3 Å². The molecule has 1 aliphatic carbocycles. The first kappa shape index (κ1) is 13.6. The molecule has 0 aliphatic heterocycles. The van der Waals surface area contributed by atoms with E-state index >= 15 is 0 Å². The molecule has 1 aromatic carbocycles. The van der Waals surface area contributed by atoms with Crippen LogP contribution in [0.2, 0.25) is 0 Å². The van der Waals surface area contributed by atoms with Crippen LogP contribution in [0.1, 0.15) is 16.9 Å². The van der Waals surface area contributed by atoms with Crippen molar-refractivity contribution in [2.75, 3.05) is 6.61 Å². The highest BCUT2D eigenvalue weighted by atomic mass is 16.3. The van der Waals surface area contributed by atoms with E-state index in [4.69, 9.17) is 5.11 Å². The van der Waals surface area contributed by atoms with Crippen molar-refractivity contribution in [3.05, 3.63) is 54.2 Å². The van der Waals surface area contributed by atoms with Crippen LogP contribution in [0.5, 0.6) is 0 Å². The van der Waals surface area contributed by atoms with E-state index in [-0.39, 0.29) is 24.5 Å². The molecule has 5 heteroatoms. The average Bonchev–Trinajstić information content (AvgIpc) is 3.17. The Bertz CT molecular complexity index is 649. The second-order valence-corrected chi connectivity index (χ2v) is 5.18. The fourth-order valence-electron chi connectivity index (χ4n) is 2.46. The van der Waals surface area contributed by atoms with Crippen LogP contribution >= 0.6 is 0 Å². The van der Waals surface area contributed by atoms with Crippen molar-refractivity contribution in [2.45, 2.75) is 12.5 Å². The zero-order valence-corrected chi connectivity index (χ0v) is 11.5. The zero-order chi connectivity index (χ0) is 14.7. The summed E-state index contributed by atoms with van der Waals surface area (Å²) in [4.78, 5) is 12.2. The van der Waals surface area contributed by atoms with Crippen LogP contribution < -0.4 is 5.32 Å². The molecule has 0 saturated carbocycles. The van der Waals surface area contributed by atoms with Crippen LogP contribution in [-0.2, 0) is 0 Å². The number of rotatable bonds is 4. The summed E-state index contributed by atoms with van der Waals surface area (Å²) in [5.74, 6) is -0.0464. The van der Waals surface area contributed by atoms with Crippen LogP contribution in [0.25, 0.3) is 11.3 Å². The number of hydrogen-bond acceptors (Lipinski definition) is 3. The molecular weight excluding hydrogens is 266 g/mol. The lowest BCUT2D eigenvalue weighted by Gasteiger charge is -2.11. The van der Waals surface area contributed by atoms with E-state index < -0.39 is 0 Å². The monoisotopic (exact) mass is 283 g/mol. The van der Waals surface area contributed by atoms with Crippen molar-refractivity contribution in [1.82, 2.24) is 15.5 Å². The van der Waals surface area contributed by atoms with Gasteiger partial charge in [-0.2, -0.15) is 5.10 Å². The maximum absolute atomic E-state index is 12.2. The second-order valence-electron chi connectivity index (χ2n) is 5.18. The number of aromatic amines is 1. The van der Waals surface area contributed by atoms with E-state index in [1.165, 1.54) is 0 Å². The minimum Gasteiger partial charge on any atom is -0.396 e. The van der Waals surface area contributed by atoms with Gasteiger partial charge in [-0.15, -0.1) is 0 Å². The molecule has 0 saturated heterocycles. The van der Waals surface area contributed by atoms with Gasteiger partial charge in [-0.3, -0.25) is 9.89 Å². The van der Waals surface area contributed by atoms with Crippen LogP contribution in [0, 0.1) is 5.92 Å². The normalized spacial score (nSPS) is 20.6. The highest BCUT2D eigenvalue weighted by Gasteiger charge is 2.21. The maximum Gasteiger partial charge on any atom is 0.269 e. The number of amides is 1. The number of aromatic nitrogens is 2. The van der Waals surface area contributed by atoms with E-state index in [2.05, 4.69) is 15.5 Å². The molecule has 21 heavy (non-hydrogen) atoms. The van der Waals surface area contributed by atoms with Crippen LogP contribution in [0.15, 0.2) is 48.6 Å². The summed E-state index contributed by atoms with van der Waals surface area (Å²) >= 11 is 0. The molecule has 1 aliphatic rings. The Morgan fingerprint density at radius 3 is 2.86 bits per heavy atom. The van der Waals surface area contributed by atoms with Gasteiger partial charge < -0.3 is 10.4 Å². The number of H-pyrrole nitrogens is 1. The number of carbonyl (C=O) groups excluding carboxylic acids is 1. The van der Waals surface area contributed by atoms with Gasteiger partial charge in [0.25, 0.3) is 5.91 Å². The van der Waals surface area contributed by atoms with Gasteiger partial charge in [0, 0.05) is 24.1 Å². The second kappa shape index (κ2) is 5.93. The van der Waals surface area contributed by atoms with Gasteiger partial charge in [-0.1, -0.05) is 42.5 Å². The third-order valence-corrected chi connectivity index (χ3v) is 3.62. The van der Waals surface area contributed by atoms with Crippen LogP contribution in [0.4, 0.5) is 0 Å². The highest BCUT2D eigenvalue weighted by molar-refractivity contribution is 5.93. The number of aliphatic hydroxyl groups excluding tert-OH is 1. The first-order valence-corrected chi connectivity index (χ1v) is 6.97. The minimum atomic E-state index is -0.182. The summed E-state index contributed by atoms with van der Waals surface area (Å²) in [6, 6.07) is 11.4. The Morgan fingerprint density at radius 2 is 2.14 bits per heavy atom. The van der Waals surface area contributed by atoms with Crippen molar-refractivity contribution in [3.63, 3.8) is 0 Å². The van der Waals surface area contributed by atoms with E-state index in [0.29, 0.717) is 5.69 Å². The van der Waals surface area contributed by atoms with Crippen molar-refractivity contribution < 1.29 is 9.90 Å². The number of carbonyl (C=O) groups is 1. The molecule has 0 unspecified atom stereocenters. The molecule has 5 nitrogen and oxygen atoms in total. The van der Waals surface area contributed by atoms with E-state index in [9.17, 15) is 4.79 Å². The number of aliphatic hydroxyl groups is 1.